The first-order chi connectivity index (χ1) is 7.63. The van der Waals surface area contributed by atoms with Crippen molar-refractivity contribution in [3.63, 3.8) is 0 Å². The molecular weight excluding hydrogens is 209 g/mol. The molecule has 1 atom stereocenters. The molecule has 4 heteroatoms. The summed E-state index contributed by atoms with van der Waals surface area (Å²) >= 11 is 0. The molecule has 0 aromatic carbocycles. The van der Waals surface area contributed by atoms with E-state index in [1.807, 2.05) is 17.9 Å². The van der Waals surface area contributed by atoms with Crippen LogP contribution in [-0.4, -0.2) is 35.4 Å². The molecule has 0 unspecified atom stereocenters. The molecule has 2 rings (SSSR count). The third-order valence-corrected chi connectivity index (χ3v) is 3.22. The van der Waals surface area contributed by atoms with Gasteiger partial charge in [-0.3, -0.25) is 4.90 Å². The molecular formula is C12H18FNO2. The fourth-order valence-electron chi connectivity index (χ4n) is 2.21. The maximum atomic E-state index is 14.0. The van der Waals surface area contributed by atoms with E-state index in [4.69, 9.17) is 9.52 Å². The van der Waals surface area contributed by atoms with Crippen LogP contribution < -0.4 is 0 Å². The first kappa shape index (κ1) is 11.6. The molecule has 1 aliphatic rings. The van der Waals surface area contributed by atoms with Gasteiger partial charge in [-0.05, 0) is 37.9 Å². The lowest BCUT2D eigenvalue weighted by Gasteiger charge is -2.35. The van der Waals surface area contributed by atoms with Crippen LogP contribution in [0, 0.1) is 6.92 Å². The van der Waals surface area contributed by atoms with Gasteiger partial charge in [-0.25, -0.2) is 4.39 Å². The Morgan fingerprint density at radius 2 is 2.44 bits per heavy atom. The number of halogens is 1. The summed E-state index contributed by atoms with van der Waals surface area (Å²) in [6, 6.07) is 1.91. The van der Waals surface area contributed by atoms with Gasteiger partial charge in [0, 0.05) is 6.54 Å². The van der Waals surface area contributed by atoms with E-state index in [9.17, 15) is 4.39 Å². The second-order valence-electron chi connectivity index (χ2n) is 4.65. The number of rotatable bonds is 3. The number of likely N-dealkylation sites (tertiary alicyclic amines) is 1. The van der Waals surface area contributed by atoms with Gasteiger partial charge in [0.2, 0.25) is 0 Å². The van der Waals surface area contributed by atoms with E-state index in [1.165, 1.54) is 0 Å². The first-order valence-corrected chi connectivity index (χ1v) is 5.68. The van der Waals surface area contributed by atoms with E-state index >= 15 is 0 Å². The second kappa shape index (κ2) is 4.55. The van der Waals surface area contributed by atoms with Crippen LogP contribution in [-0.2, 0) is 6.54 Å². The van der Waals surface area contributed by atoms with Gasteiger partial charge in [-0.15, -0.1) is 0 Å². The topological polar surface area (TPSA) is 36.6 Å². The summed E-state index contributed by atoms with van der Waals surface area (Å²) < 4.78 is 19.3. The van der Waals surface area contributed by atoms with E-state index in [-0.39, 0.29) is 6.61 Å². The zero-order valence-electron chi connectivity index (χ0n) is 9.58. The van der Waals surface area contributed by atoms with E-state index in [0.29, 0.717) is 19.5 Å². The minimum absolute atomic E-state index is 0.295. The van der Waals surface area contributed by atoms with Crippen LogP contribution in [0.3, 0.4) is 0 Å². The highest BCUT2D eigenvalue weighted by Gasteiger charge is 2.35. The summed E-state index contributed by atoms with van der Waals surface area (Å²) in [5.41, 5.74) is -0.335. The fourth-order valence-corrected chi connectivity index (χ4v) is 2.21. The smallest absolute Gasteiger partial charge is 0.146 e. The highest BCUT2D eigenvalue weighted by atomic mass is 19.1. The Hall–Kier alpha value is -0.870. The molecule has 0 radical (unpaired) electrons. The van der Waals surface area contributed by atoms with Crippen molar-refractivity contribution in [2.75, 3.05) is 19.7 Å². The highest BCUT2D eigenvalue weighted by molar-refractivity contribution is 5.14. The number of nitrogens with zero attached hydrogens (tertiary/aromatic N) is 1. The average molecular weight is 227 g/mol. The lowest BCUT2D eigenvalue weighted by molar-refractivity contribution is -0.00576. The minimum Gasteiger partial charge on any atom is -0.468 e. The van der Waals surface area contributed by atoms with Crippen LogP contribution in [0.25, 0.3) is 0 Å². The molecule has 0 saturated carbocycles. The zero-order chi connectivity index (χ0) is 11.6. The molecule has 1 saturated heterocycles. The number of hydrogen-bond donors (Lipinski definition) is 1. The van der Waals surface area contributed by atoms with Gasteiger partial charge < -0.3 is 9.52 Å². The van der Waals surface area contributed by atoms with E-state index in [2.05, 4.69) is 0 Å². The van der Waals surface area contributed by atoms with Crippen LogP contribution in [0.2, 0.25) is 0 Å². The number of furan rings is 1. The van der Waals surface area contributed by atoms with Crippen LogP contribution in [0.5, 0.6) is 0 Å². The summed E-state index contributed by atoms with van der Waals surface area (Å²) in [6.45, 7) is 3.39. The van der Waals surface area contributed by atoms with Gasteiger partial charge in [0.1, 0.15) is 11.4 Å². The van der Waals surface area contributed by atoms with Crippen molar-refractivity contribution in [2.45, 2.75) is 32.0 Å². The Balaban J connectivity index is 1.98. The molecule has 16 heavy (non-hydrogen) atoms. The van der Waals surface area contributed by atoms with Crippen molar-refractivity contribution in [2.24, 2.45) is 0 Å². The molecule has 1 fully saturated rings. The van der Waals surface area contributed by atoms with Gasteiger partial charge >= 0.3 is 0 Å². The highest BCUT2D eigenvalue weighted by Crippen LogP contribution is 2.26. The van der Waals surface area contributed by atoms with Crippen LogP contribution in [0.4, 0.5) is 4.39 Å². The third-order valence-electron chi connectivity index (χ3n) is 3.22. The molecule has 0 spiro atoms. The maximum Gasteiger partial charge on any atom is 0.146 e. The standard InChI is InChI=1S/C12H18FNO2/c1-10-3-6-16-11(10)7-14-5-2-4-12(13,8-14)9-15/h3,6,15H,2,4-5,7-9H2,1H3/t12-/m0/s1. The van der Waals surface area contributed by atoms with E-state index < -0.39 is 5.67 Å². The summed E-state index contributed by atoms with van der Waals surface area (Å²) in [5.74, 6) is 0.891. The van der Waals surface area contributed by atoms with Crippen molar-refractivity contribution in [3.8, 4) is 0 Å². The lowest BCUT2D eigenvalue weighted by Crippen LogP contribution is -2.47. The van der Waals surface area contributed by atoms with Gasteiger partial charge in [-0.1, -0.05) is 0 Å². The number of aliphatic hydroxyl groups excluding tert-OH is 1. The van der Waals surface area contributed by atoms with Gasteiger partial charge in [0.15, 0.2) is 0 Å². The molecule has 2 heterocycles. The SMILES string of the molecule is Cc1ccoc1CN1CCC[C@@](F)(CO)C1. The predicted molar refractivity (Wildman–Crippen MR) is 58.9 cm³/mol. The number of hydrogen-bond acceptors (Lipinski definition) is 3. The van der Waals surface area contributed by atoms with Crippen LogP contribution in [0.15, 0.2) is 16.7 Å². The molecule has 1 aliphatic heterocycles. The Morgan fingerprint density at radius 3 is 3.06 bits per heavy atom. The van der Waals surface area contributed by atoms with Gasteiger partial charge in [-0.2, -0.15) is 0 Å². The Bertz CT molecular complexity index is 353. The molecule has 0 amide bonds. The zero-order valence-corrected chi connectivity index (χ0v) is 9.58. The molecule has 1 aromatic heterocycles. The molecule has 0 aliphatic carbocycles. The van der Waals surface area contributed by atoms with E-state index in [0.717, 1.165) is 24.3 Å². The number of alkyl halides is 1. The van der Waals surface area contributed by atoms with Gasteiger partial charge in [0.05, 0.1) is 19.4 Å². The second-order valence-corrected chi connectivity index (χ2v) is 4.65. The fraction of sp³-hybridized carbons (Fsp3) is 0.667. The molecule has 1 aromatic rings. The van der Waals surface area contributed by atoms with Crippen molar-refractivity contribution < 1.29 is 13.9 Å². The predicted octanol–water partition coefficient (Wildman–Crippen LogP) is 1.88. The Morgan fingerprint density at radius 1 is 1.62 bits per heavy atom. The Kier molecular flexibility index (Phi) is 3.30. The molecule has 90 valence electrons. The maximum absolute atomic E-state index is 14.0. The van der Waals surface area contributed by atoms with E-state index in [1.54, 1.807) is 6.26 Å². The summed E-state index contributed by atoms with van der Waals surface area (Å²) in [6.07, 6.45) is 2.90. The normalized spacial score (nSPS) is 27.2. The monoisotopic (exact) mass is 227 g/mol. The number of aliphatic hydroxyl groups is 1. The Labute approximate surface area is 94.9 Å². The van der Waals surface area contributed by atoms with Crippen LogP contribution in [0.1, 0.15) is 24.2 Å². The van der Waals surface area contributed by atoms with Crippen LogP contribution >= 0.6 is 0 Å². The minimum atomic E-state index is -1.43. The molecule has 3 nitrogen and oxygen atoms in total. The number of aryl methyl sites for hydroxylation is 1. The summed E-state index contributed by atoms with van der Waals surface area (Å²) in [7, 11) is 0. The van der Waals surface area contributed by atoms with Crippen molar-refractivity contribution in [1.29, 1.82) is 0 Å². The molecule has 0 bridgehead atoms. The summed E-state index contributed by atoms with van der Waals surface area (Å²) in [4.78, 5) is 2.01. The van der Waals surface area contributed by atoms with Gasteiger partial charge in [0.25, 0.3) is 0 Å². The largest absolute Gasteiger partial charge is 0.468 e. The van der Waals surface area contributed by atoms with Crippen molar-refractivity contribution in [1.82, 2.24) is 4.90 Å². The lowest BCUT2D eigenvalue weighted by atomic mass is 9.95. The third kappa shape index (κ3) is 2.44. The quantitative estimate of drug-likeness (QED) is 0.856. The van der Waals surface area contributed by atoms with Crippen molar-refractivity contribution in [3.05, 3.63) is 23.7 Å². The summed E-state index contributed by atoms with van der Waals surface area (Å²) in [5, 5.41) is 9.02. The first-order valence-electron chi connectivity index (χ1n) is 5.68. The average Bonchev–Trinajstić information content (AvgIpc) is 2.65. The number of piperidine rings is 1. The van der Waals surface area contributed by atoms with Crippen molar-refractivity contribution >= 4 is 0 Å². The molecule has 1 N–H and O–H groups in total.